The van der Waals surface area contributed by atoms with Crippen LogP contribution in [-0.2, 0) is 6.42 Å². The van der Waals surface area contributed by atoms with E-state index < -0.39 is 0 Å². The van der Waals surface area contributed by atoms with Gasteiger partial charge in [-0.3, -0.25) is 0 Å². The molecule has 2 aromatic rings. The van der Waals surface area contributed by atoms with Crippen molar-refractivity contribution in [2.24, 2.45) is 0 Å². The lowest BCUT2D eigenvalue weighted by Gasteiger charge is -2.17. The van der Waals surface area contributed by atoms with Gasteiger partial charge in [0.2, 0.25) is 0 Å². The first-order chi connectivity index (χ1) is 10.1. The molecule has 21 heavy (non-hydrogen) atoms. The normalized spacial score (nSPS) is 14.5. The molecule has 5 heteroatoms. The van der Waals surface area contributed by atoms with E-state index in [1.165, 1.54) is 5.56 Å². The van der Waals surface area contributed by atoms with Gasteiger partial charge in [-0.1, -0.05) is 23.7 Å². The molecule has 1 aliphatic rings. The summed E-state index contributed by atoms with van der Waals surface area (Å²) in [6, 6.07) is 9.68. The lowest BCUT2D eigenvalue weighted by molar-refractivity contribution is 0.357. The van der Waals surface area contributed by atoms with E-state index in [1.54, 1.807) is 13.2 Å². The number of halogens is 3. The van der Waals surface area contributed by atoms with Crippen molar-refractivity contribution in [2.75, 3.05) is 13.7 Å². The molecule has 2 aromatic carbocycles. The molecule has 1 aliphatic heterocycles. The standard InChI is InChI=1S/C16H13BrCl2O2/c1-20-16-12(7-11(18)8-13(16)17)15(19)10-2-3-14-9(6-10)4-5-21-14/h2-3,6-8,15H,4-5H2,1H3. The Balaban J connectivity index is 2.04. The third-order valence-electron chi connectivity index (χ3n) is 3.52. The fourth-order valence-electron chi connectivity index (χ4n) is 2.53. The maximum Gasteiger partial charge on any atom is 0.138 e. The van der Waals surface area contributed by atoms with Crippen LogP contribution in [0.25, 0.3) is 0 Å². The summed E-state index contributed by atoms with van der Waals surface area (Å²) in [5.41, 5.74) is 3.05. The summed E-state index contributed by atoms with van der Waals surface area (Å²) in [4.78, 5) is 0. The highest BCUT2D eigenvalue weighted by atomic mass is 79.9. The second kappa shape index (κ2) is 6.07. The van der Waals surface area contributed by atoms with E-state index in [-0.39, 0.29) is 5.38 Å². The zero-order valence-corrected chi connectivity index (χ0v) is 14.4. The molecule has 1 atom stereocenters. The quantitative estimate of drug-likeness (QED) is 0.658. The highest BCUT2D eigenvalue weighted by molar-refractivity contribution is 9.10. The number of rotatable bonds is 3. The van der Waals surface area contributed by atoms with Crippen molar-refractivity contribution < 1.29 is 9.47 Å². The predicted octanol–water partition coefficient (Wildman–Crippen LogP) is 5.37. The molecule has 0 saturated carbocycles. The van der Waals surface area contributed by atoms with Crippen LogP contribution in [0.2, 0.25) is 5.02 Å². The molecule has 0 aromatic heterocycles. The molecule has 3 rings (SSSR count). The van der Waals surface area contributed by atoms with Crippen molar-refractivity contribution in [3.05, 3.63) is 56.5 Å². The van der Waals surface area contributed by atoms with Gasteiger partial charge in [-0.15, -0.1) is 11.6 Å². The van der Waals surface area contributed by atoms with Crippen molar-refractivity contribution in [2.45, 2.75) is 11.8 Å². The van der Waals surface area contributed by atoms with Crippen LogP contribution in [0.3, 0.4) is 0 Å². The second-order valence-corrected chi connectivity index (χ2v) is 6.57. The highest BCUT2D eigenvalue weighted by Crippen LogP contribution is 2.42. The lowest BCUT2D eigenvalue weighted by Crippen LogP contribution is -1.99. The molecule has 0 saturated heterocycles. The van der Waals surface area contributed by atoms with Gasteiger partial charge < -0.3 is 9.47 Å². The maximum atomic E-state index is 6.66. The molecular formula is C16H13BrCl2O2. The van der Waals surface area contributed by atoms with Crippen LogP contribution in [-0.4, -0.2) is 13.7 Å². The van der Waals surface area contributed by atoms with E-state index >= 15 is 0 Å². The molecule has 1 unspecified atom stereocenters. The van der Waals surface area contributed by atoms with Crippen LogP contribution in [0.4, 0.5) is 0 Å². The van der Waals surface area contributed by atoms with Gasteiger partial charge >= 0.3 is 0 Å². The summed E-state index contributed by atoms with van der Waals surface area (Å²) < 4.78 is 11.8. The van der Waals surface area contributed by atoms with Crippen molar-refractivity contribution in [3.8, 4) is 11.5 Å². The molecule has 0 fully saturated rings. The van der Waals surface area contributed by atoms with Crippen LogP contribution in [0.5, 0.6) is 11.5 Å². The van der Waals surface area contributed by atoms with Crippen molar-refractivity contribution >= 4 is 39.1 Å². The van der Waals surface area contributed by atoms with Gasteiger partial charge in [-0.2, -0.15) is 0 Å². The fraction of sp³-hybridized carbons (Fsp3) is 0.250. The third-order valence-corrected chi connectivity index (χ3v) is 4.81. The van der Waals surface area contributed by atoms with E-state index in [0.717, 1.165) is 34.4 Å². The van der Waals surface area contributed by atoms with Gasteiger partial charge in [0.1, 0.15) is 11.5 Å². The van der Waals surface area contributed by atoms with Gasteiger partial charge in [0.15, 0.2) is 0 Å². The van der Waals surface area contributed by atoms with Crippen LogP contribution < -0.4 is 9.47 Å². The van der Waals surface area contributed by atoms with Gasteiger partial charge in [-0.25, -0.2) is 0 Å². The van der Waals surface area contributed by atoms with Crippen LogP contribution in [0.1, 0.15) is 22.1 Å². The minimum Gasteiger partial charge on any atom is -0.495 e. The van der Waals surface area contributed by atoms with Gasteiger partial charge in [-0.05, 0) is 45.3 Å². The molecule has 0 amide bonds. The van der Waals surface area contributed by atoms with Crippen LogP contribution in [0.15, 0.2) is 34.8 Å². The second-order valence-electron chi connectivity index (χ2n) is 4.84. The molecule has 2 nitrogen and oxygen atoms in total. The first kappa shape index (κ1) is 15.0. The van der Waals surface area contributed by atoms with Gasteiger partial charge in [0, 0.05) is 17.0 Å². The Kier molecular flexibility index (Phi) is 4.34. The lowest BCUT2D eigenvalue weighted by atomic mass is 10.0. The van der Waals surface area contributed by atoms with E-state index in [2.05, 4.69) is 22.0 Å². The van der Waals surface area contributed by atoms with Crippen LogP contribution in [0, 0.1) is 0 Å². The molecule has 0 spiro atoms. The number of fused-ring (bicyclic) bond motifs is 1. The maximum absolute atomic E-state index is 6.66. The Bertz CT molecular complexity index is 688. The number of hydrogen-bond acceptors (Lipinski definition) is 2. The van der Waals surface area contributed by atoms with E-state index in [4.69, 9.17) is 32.7 Å². The summed E-state index contributed by atoms with van der Waals surface area (Å²) in [5, 5.41) is 0.286. The number of ether oxygens (including phenoxy) is 2. The molecule has 1 heterocycles. The zero-order valence-electron chi connectivity index (χ0n) is 11.3. The molecule has 110 valence electrons. The predicted molar refractivity (Wildman–Crippen MR) is 89.0 cm³/mol. The molecular weight excluding hydrogens is 375 g/mol. The molecule has 0 N–H and O–H groups in total. The minimum atomic E-state index is -0.333. The monoisotopic (exact) mass is 386 g/mol. The van der Waals surface area contributed by atoms with Crippen molar-refractivity contribution in [1.29, 1.82) is 0 Å². The zero-order chi connectivity index (χ0) is 15.0. The molecule has 0 bridgehead atoms. The molecule has 0 aliphatic carbocycles. The Hall–Kier alpha value is -0.900. The Morgan fingerprint density at radius 1 is 1.29 bits per heavy atom. The summed E-state index contributed by atoms with van der Waals surface area (Å²) in [6.45, 7) is 0.734. The van der Waals surface area contributed by atoms with E-state index in [1.807, 2.05) is 18.2 Å². The largest absolute Gasteiger partial charge is 0.495 e. The minimum absolute atomic E-state index is 0.333. The molecule has 0 radical (unpaired) electrons. The smallest absolute Gasteiger partial charge is 0.138 e. The van der Waals surface area contributed by atoms with Crippen molar-refractivity contribution in [3.63, 3.8) is 0 Å². The highest BCUT2D eigenvalue weighted by Gasteiger charge is 2.21. The fourth-order valence-corrected chi connectivity index (χ4v) is 3.82. The first-order valence-corrected chi connectivity index (χ1v) is 8.13. The topological polar surface area (TPSA) is 18.5 Å². The summed E-state index contributed by atoms with van der Waals surface area (Å²) in [7, 11) is 1.62. The number of methoxy groups -OCH3 is 1. The SMILES string of the molecule is COc1c(Br)cc(Cl)cc1C(Cl)c1ccc2c(c1)CCO2. The number of benzene rings is 2. The Morgan fingerprint density at radius 2 is 2.10 bits per heavy atom. The first-order valence-electron chi connectivity index (χ1n) is 6.52. The Morgan fingerprint density at radius 3 is 2.86 bits per heavy atom. The van der Waals surface area contributed by atoms with Crippen LogP contribution >= 0.6 is 39.1 Å². The average Bonchev–Trinajstić information content (AvgIpc) is 2.93. The van der Waals surface area contributed by atoms with E-state index in [0.29, 0.717) is 10.8 Å². The number of hydrogen-bond donors (Lipinski definition) is 0. The average molecular weight is 388 g/mol. The Labute approximate surface area is 142 Å². The van der Waals surface area contributed by atoms with Crippen molar-refractivity contribution in [1.82, 2.24) is 0 Å². The summed E-state index contributed by atoms with van der Waals surface area (Å²) in [5.74, 6) is 1.65. The van der Waals surface area contributed by atoms with E-state index in [9.17, 15) is 0 Å². The van der Waals surface area contributed by atoms with Gasteiger partial charge in [0.05, 0.1) is 23.6 Å². The summed E-state index contributed by atoms with van der Waals surface area (Å²) in [6.07, 6.45) is 0.920. The van der Waals surface area contributed by atoms with Gasteiger partial charge in [0.25, 0.3) is 0 Å². The summed E-state index contributed by atoms with van der Waals surface area (Å²) >= 11 is 16.3. The number of alkyl halides is 1. The third kappa shape index (κ3) is 2.87.